The largest absolute Gasteiger partial charge is 0.325 e. The molecule has 0 bridgehead atoms. The summed E-state index contributed by atoms with van der Waals surface area (Å²) in [5.74, 6) is 3.35. The van der Waals surface area contributed by atoms with Gasteiger partial charge in [-0.15, -0.1) is 16.6 Å². The van der Waals surface area contributed by atoms with Crippen LogP contribution in [0.3, 0.4) is 0 Å². The molecule has 1 aromatic heterocycles. The molecule has 4 aromatic rings. The fraction of sp³-hybridized carbons (Fsp3) is 0.0417. The van der Waals surface area contributed by atoms with Crippen molar-refractivity contribution in [2.45, 2.75) is 5.16 Å². The molecule has 5 nitrogen and oxygen atoms in total. The lowest BCUT2D eigenvalue weighted by Gasteiger charge is -2.10. The van der Waals surface area contributed by atoms with Crippen molar-refractivity contribution >= 4 is 23.4 Å². The Morgan fingerprint density at radius 1 is 0.967 bits per heavy atom. The number of amides is 1. The SMILES string of the molecule is C#Cc1cccc(NC(=O)CSc2nnc(-c3ccccc3)n2-c2ccccc2)c1. The molecule has 0 saturated heterocycles. The lowest BCUT2D eigenvalue weighted by molar-refractivity contribution is -0.113. The number of nitrogens with zero attached hydrogens (tertiary/aromatic N) is 3. The maximum Gasteiger partial charge on any atom is 0.234 e. The van der Waals surface area contributed by atoms with Gasteiger partial charge < -0.3 is 5.32 Å². The Morgan fingerprint density at radius 3 is 2.43 bits per heavy atom. The van der Waals surface area contributed by atoms with Gasteiger partial charge in [-0.25, -0.2) is 0 Å². The monoisotopic (exact) mass is 410 g/mol. The number of carbonyl (C=O) groups is 1. The molecule has 3 aromatic carbocycles. The molecule has 0 spiro atoms. The van der Waals surface area contributed by atoms with Crippen molar-refractivity contribution in [3.8, 4) is 29.4 Å². The second-order valence-electron chi connectivity index (χ2n) is 6.41. The van der Waals surface area contributed by atoms with Crippen LogP contribution in [0.5, 0.6) is 0 Å². The van der Waals surface area contributed by atoms with Crippen LogP contribution in [0.1, 0.15) is 5.56 Å². The van der Waals surface area contributed by atoms with Gasteiger partial charge >= 0.3 is 0 Å². The van der Waals surface area contributed by atoms with Gasteiger partial charge in [0.1, 0.15) is 0 Å². The van der Waals surface area contributed by atoms with Crippen LogP contribution in [0.4, 0.5) is 5.69 Å². The average molecular weight is 411 g/mol. The summed E-state index contributed by atoms with van der Waals surface area (Å²) >= 11 is 1.33. The quantitative estimate of drug-likeness (QED) is 0.371. The van der Waals surface area contributed by atoms with E-state index in [-0.39, 0.29) is 11.7 Å². The Hall–Kier alpha value is -3.82. The number of nitrogens with one attached hydrogen (secondary N) is 1. The molecule has 0 unspecified atom stereocenters. The lowest BCUT2D eigenvalue weighted by atomic mass is 10.2. The highest BCUT2D eigenvalue weighted by Gasteiger charge is 2.17. The number of hydrogen-bond acceptors (Lipinski definition) is 4. The molecular formula is C24H18N4OS. The Balaban J connectivity index is 1.56. The van der Waals surface area contributed by atoms with Crippen LogP contribution >= 0.6 is 11.8 Å². The van der Waals surface area contributed by atoms with Gasteiger partial charge in [0, 0.05) is 22.5 Å². The zero-order valence-electron chi connectivity index (χ0n) is 16.0. The summed E-state index contributed by atoms with van der Waals surface area (Å²) in [7, 11) is 0. The van der Waals surface area contributed by atoms with Crippen LogP contribution in [0.2, 0.25) is 0 Å². The number of hydrogen-bond donors (Lipinski definition) is 1. The summed E-state index contributed by atoms with van der Waals surface area (Å²) in [5.41, 5.74) is 3.28. The summed E-state index contributed by atoms with van der Waals surface area (Å²) in [5, 5.41) is 12.2. The molecule has 0 atom stereocenters. The smallest absolute Gasteiger partial charge is 0.234 e. The number of rotatable bonds is 6. The minimum absolute atomic E-state index is 0.141. The first kappa shape index (κ1) is 19.5. The van der Waals surface area contributed by atoms with Gasteiger partial charge in [0.2, 0.25) is 5.91 Å². The Kier molecular flexibility index (Phi) is 5.93. The molecule has 0 radical (unpaired) electrons. The van der Waals surface area contributed by atoms with Gasteiger partial charge in [-0.3, -0.25) is 9.36 Å². The van der Waals surface area contributed by atoms with E-state index in [4.69, 9.17) is 6.42 Å². The van der Waals surface area contributed by atoms with Crippen LogP contribution in [-0.2, 0) is 4.79 Å². The number of terminal acetylenes is 1. The van der Waals surface area contributed by atoms with Gasteiger partial charge in [-0.05, 0) is 30.3 Å². The van der Waals surface area contributed by atoms with Gasteiger partial charge in [0.05, 0.1) is 5.75 Å². The van der Waals surface area contributed by atoms with Crippen LogP contribution in [0, 0.1) is 12.3 Å². The Labute approximate surface area is 179 Å². The third-order valence-electron chi connectivity index (χ3n) is 4.33. The molecule has 0 aliphatic rings. The highest BCUT2D eigenvalue weighted by Crippen LogP contribution is 2.27. The summed E-state index contributed by atoms with van der Waals surface area (Å²) in [6.07, 6.45) is 5.42. The minimum atomic E-state index is -0.141. The highest BCUT2D eigenvalue weighted by molar-refractivity contribution is 7.99. The van der Waals surface area contributed by atoms with Crippen molar-refractivity contribution in [1.29, 1.82) is 0 Å². The van der Waals surface area contributed by atoms with Crippen LogP contribution in [-0.4, -0.2) is 26.4 Å². The maximum atomic E-state index is 12.5. The second kappa shape index (κ2) is 9.12. The zero-order valence-corrected chi connectivity index (χ0v) is 16.8. The molecule has 6 heteroatoms. The molecule has 0 aliphatic carbocycles. The summed E-state index contributed by atoms with van der Waals surface area (Å²) in [6.45, 7) is 0. The molecule has 0 saturated carbocycles. The molecule has 0 aliphatic heterocycles. The van der Waals surface area contributed by atoms with Gasteiger partial charge in [-0.2, -0.15) is 0 Å². The van der Waals surface area contributed by atoms with E-state index >= 15 is 0 Å². The predicted molar refractivity (Wildman–Crippen MR) is 121 cm³/mol. The molecule has 1 N–H and O–H groups in total. The first-order valence-corrected chi connectivity index (χ1v) is 10.3. The predicted octanol–water partition coefficient (Wildman–Crippen LogP) is 4.65. The summed E-state index contributed by atoms with van der Waals surface area (Å²) < 4.78 is 1.96. The van der Waals surface area contributed by atoms with Gasteiger partial charge in [0.25, 0.3) is 0 Å². The first-order chi connectivity index (χ1) is 14.7. The van der Waals surface area contributed by atoms with E-state index in [2.05, 4.69) is 21.4 Å². The molecule has 1 heterocycles. The standard InChI is InChI=1S/C24H18N4OS/c1-2-18-10-9-13-20(16-18)25-22(29)17-30-24-27-26-23(19-11-5-3-6-12-19)28(24)21-14-7-4-8-15-21/h1,3-16H,17H2,(H,25,29). The Morgan fingerprint density at radius 2 is 1.70 bits per heavy atom. The van der Waals surface area contributed by atoms with E-state index in [1.54, 1.807) is 6.07 Å². The van der Waals surface area contributed by atoms with E-state index in [9.17, 15) is 4.79 Å². The number of thioether (sulfide) groups is 1. The lowest BCUT2D eigenvalue weighted by Crippen LogP contribution is -2.14. The van der Waals surface area contributed by atoms with E-state index < -0.39 is 0 Å². The minimum Gasteiger partial charge on any atom is -0.325 e. The number of para-hydroxylation sites is 1. The second-order valence-corrected chi connectivity index (χ2v) is 7.35. The average Bonchev–Trinajstić information content (AvgIpc) is 3.23. The topological polar surface area (TPSA) is 59.8 Å². The van der Waals surface area contributed by atoms with Crippen molar-refractivity contribution in [3.63, 3.8) is 0 Å². The van der Waals surface area contributed by atoms with Crippen molar-refractivity contribution in [1.82, 2.24) is 14.8 Å². The number of aromatic nitrogens is 3. The van der Waals surface area contributed by atoms with Crippen LogP contribution in [0.15, 0.2) is 90.1 Å². The van der Waals surface area contributed by atoms with Crippen LogP contribution in [0.25, 0.3) is 17.1 Å². The molecule has 0 fully saturated rings. The highest BCUT2D eigenvalue weighted by atomic mass is 32.2. The van der Waals surface area contributed by atoms with Gasteiger partial charge in [0.15, 0.2) is 11.0 Å². The maximum absolute atomic E-state index is 12.5. The normalized spacial score (nSPS) is 10.4. The van der Waals surface area contributed by atoms with E-state index in [0.717, 1.165) is 22.6 Å². The van der Waals surface area contributed by atoms with E-state index in [1.165, 1.54) is 11.8 Å². The fourth-order valence-corrected chi connectivity index (χ4v) is 3.71. The fourth-order valence-electron chi connectivity index (χ4n) is 2.96. The number of carbonyl (C=O) groups excluding carboxylic acids is 1. The third-order valence-corrected chi connectivity index (χ3v) is 5.25. The molecular weight excluding hydrogens is 392 g/mol. The van der Waals surface area contributed by atoms with Crippen molar-refractivity contribution < 1.29 is 4.79 Å². The third kappa shape index (κ3) is 4.43. The van der Waals surface area contributed by atoms with Gasteiger partial charge in [-0.1, -0.05) is 72.3 Å². The summed E-state index contributed by atoms with van der Waals surface area (Å²) in [4.78, 5) is 12.5. The van der Waals surface area contributed by atoms with Crippen molar-refractivity contribution in [2.75, 3.05) is 11.1 Å². The van der Waals surface area contributed by atoms with Crippen molar-refractivity contribution in [3.05, 3.63) is 90.5 Å². The molecule has 1 amide bonds. The molecule has 30 heavy (non-hydrogen) atoms. The molecule has 146 valence electrons. The first-order valence-electron chi connectivity index (χ1n) is 9.30. The van der Waals surface area contributed by atoms with E-state index in [1.807, 2.05) is 83.4 Å². The molecule has 4 rings (SSSR count). The number of anilines is 1. The van der Waals surface area contributed by atoms with Crippen LogP contribution < -0.4 is 5.32 Å². The zero-order chi connectivity index (χ0) is 20.8. The number of benzene rings is 3. The van der Waals surface area contributed by atoms with Crippen molar-refractivity contribution in [2.24, 2.45) is 0 Å². The Bertz CT molecular complexity index is 1200. The summed E-state index contributed by atoms with van der Waals surface area (Å²) in [6, 6.07) is 26.9. The van der Waals surface area contributed by atoms with E-state index in [0.29, 0.717) is 10.8 Å².